The summed E-state index contributed by atoms with van der Waals surface area (Å²) in [5.41, 5.74) is 5.85. The van der Waals surface area contributed by atoms with E-state index in [0.717, 1.165) is 39.7 Å². The average Bonchev–Trinajstić information content (AvgIpc) is 3.21. The van der Waals surface area contributed by atoms with Gasteiger partial charge in [-0.2, -0.15) is 0 Å². The summed E-state index contributed by atoms with van der Waals surface area (Å²) in [6.07, 6.45) is 0. The van der Waals surface area contributed by atoms with Gasteiger partial charge in [0.25, 0.3) is 0 Å². The SMILES string of the molecule is Cc1ccc(NC(=O)CSc2nnc(CSc3nc(C)cc(C)n3)n2-c2ccccc2)c(C)c1. The maximum absolute atomic E-state index is 12.6. The van der Waals surface area contributed by atoms with Crippen molar-refractivity contribution >= 4 is 35.1 Å². The third-order valence-electron chi connectivity index (χ3n) is 5.00. The second kappa shape index (κ2) is 10.8. The van der Waals surface area contributed by atoms with Crippen molar-refractivity contribution in [3.8, 4) is 5.69 Å². The maximum atomic E-state index is 12.6. The van der Waals surface area contributed by atoms with E-state index >= 15 is 0 Å². The molecule has 1 amide bonds. The number of nitrogens with zero attached hydrogens (tertiary/aromatic N) is 5. The maximum Gasteiger partial charge on any atom is 0.234 e. The average molecular weight is 491 g/mol. The standard InChI is InChI=1S/C25H26N6OS2/c1-16-10-11-21(17(2)12-16)28-23(32)15-34-25-30-29-22(31(25)20-8-6-5-7-9-20)14-33-24-26-18(3)13-19(4)27-24/h5-13H,14-15H2,1-4H3,(H,28,32). The summed E-state index contributed by atoms with van der Waals surface area (Å²) < 4.78 is 1.99. The lowest BCUT2D eigenvalue weighted by atomic mass is 10.1. The van der Waals surface area contributed by atoms with Crippen LogP contribution in [0.15, 0.2) is 64.9 Å². The Morgan fingerprint density at radius 3 is 2.35 bits per heavy atom. The number of nitrogens with one attached hydrogen (secondary N) is 1. The predicted molar refractivity (Wildman–Crippen MR) is 138 cm³/mol. The van der Waals surface area contributed by atoms with Crippen LogP contribution in [-0.2, 0) is 10.5 Å². The number of benzene rings is 2. The number of thioether (sulfide) groups is 2. The summed E-state index contributed by atoms with van der Waals surface area (Å²) >= 11 is 2.88. The zero-order chi connectivity index (χ0) is 24.1. The van der Waals surface area contributed by atoms with Gasteiger partial charge in [-0.3, -0.25) is 9.36 Å². The molecule has 174 valence electrons. The molecule has 0 saturated heterocycles. The number of para-hydroxylation sites is 1. The molecule has 7 nitrogen and oxygen atoms in total. The number of rotatable bonds is 8. The third kappa shape index (κ3) is 6.03. The van der Waals surface area contributed by atoms with Crippen molar-refractivity contribution in [2.45, 2.75) is 43.8 Å². The van der Waals surface area contributed by atoms with Crippen molar-refractivity contribution in [3.63, 3.8) is 0 Å². The highest BCUT2D eigenvalue weighted by molar-refractivity contribution is 7.99. The molecule has 1 N–H and O–H groups in total. The molecule has 0 bridgehead atoms. The molecule has 2 heterocycles. The van der Waals surface area contributed by atoms with E-state index in [1.807, 2.05) is 80.8 Å². The molecule has 0 saturated carbocycles. The molecule has 0 aliphatic rings. The predicted octanol–water partition coefficient (Wildman–Crippen LogP) is 5.31. The van der Waals surface area contributed by atoms with Crippen molar-refractivity contribution in [2.24, 2.45) is 0 Å². The molecule has 34 heavy (non-hydrogen) atoms. The van der Waals surface area contributed by atoms with E-state index in [1.54, 1.807) is 0 Å². The first-order valence-electron chi connectivity index (χ1n) is 10.8. The summed E-state index contributed by atoms with van der Waals surface area (Å²) in [6, 6.07) is 17.9. The molecule has 0 spiro atoms. The quantitative estimate of drug-likeness (QED) is 0.264. The molecular formula is C25H26N6OS2. The molecule has 0 radical (unpaired) electrons. The van der Waals surface area contributed by atoms with Crippen molar-refractivity contribution in [1.82, 2.24) is 24.7 Å². The molecule has 2 aromatic carbocycles. The van der Waals surface area contributed by atoms with Crippen molar-refractivity contribution in [1.29, 1.82) is 0 Å². The van der Waals surface area contributed by atoms with Crippen LogP contribution in [0.5, 0.6) is 0 Å². The van der Waals surface area contributed by atoms with Gasteiger partial charge in [-0.25, -0.2) is 9.97 Å². The zero-order valence-corrected chi connectivity index (χ0v) is 21.2. The van der Waals surface area contributed by atoms with Crippen LogP contribution in [-0.4, -0.2) is 36.4 Å². The Balaban J connectivity index is 1.50. The summed E-state index contributed by atoms with van der Waals surface area (Å²) in [5.74, 6) is 1.47. The Morgan fingerprint density at radius 1 is 0.912 bits per heavy atom. The van der Waals surface area contributed by atoms with Crippen molar-refractivity contribution < 1.29 is 4.79 Å². The number of hydrogen-bond donors (Lipinski definition) is 1. The highest BCUT2D eigenvalue weighted by Gasteiger charge is 2.17. The first-order chi connectivity index (χ1) is 16.4. The van der Waals surface area contributed by atoms with Crippen molar-refractivity contribution in [2.75, 3.05) is 11.1 Å². The van der Waals surface area contributed by atoms with E-state index in [2.05, 4.69) is 31.5 Å². The number of amides is 1. The molecule has 0 aliphatic carbocycles. The number of aryl methyl sites for hydroxylation is 4. The lowest BCUT2D eigenvalue weighted by molar-refractivity contribution is -0.113. The van der Waals surface area contributed by atoms with Gasteiger partial charge in [-0.05, 0) is 57.5 Å². The van der Waals surface area contributed by atoms with E-state index in [0.29, 0.717) is 16.1 Å². The van der Waals surface area contributed by atoms with Crippen LogP contribution in [0.3, 0.4) is 0 Å². The second-order valence-electron chi connectivity index (χ2n) is 7.95. The Kier molecular flexibility index (Phi) is 7.64. The first-order valence-corrected chi connectivity index (χ1v) is 12.8. The molecule has 0 atom stereocenters. The number of carbonyl (C=O) groups is 1. The first kappa shape index (κ1) is 24.0. The minimum Gasteiger partial charge on any atom is -0.325 e. The van der Waals surface area contributed by atoms with Crippen LogP contribution in [0.4, 0.5) is 5.69 Å². The Labute approximate surface area is 207 Å². The van der Waals surface area contributed by atoms with Crippen LogP contribution in [0.25, 0.3) is 5.69 Å². The fraction of sp³-hybridized carbons (Fsp3) is 0.240. The van der Waals surface area contributed by atoms with Gasteiger partial charge in [0.15, 0.2) is 10.3 Å². The van der Waals surface area contributed by atoms with Crippen molar-refractivity contribution in [3.05, 3.63) is 82.9 Å². The summed E-state index contributed by atoms with van der Waals surface area (Å²) in [6.45, 7) is 7.95. The number of carbonyl (C=O) groups excluding carboxylic acids is 1. The van der Waals surface area contributed by atoms with E-state index in [1.165, 1.54) is 23.5 Å². The molecule has 0 aliphatic heterocycles. The molecule has 4 rings (SSSR count). The smallest absolute Gasteiger partial charge is 0.234 e. The van der Waals surface area contributed by atoms with Crippen LogP contribution in [0, 0.1) is 27.7 Å². The normalized spacial score (nSPS) is 10.9. The third-order valence-corrected chi connectivity index (χ3v) is 6.77. The molecule has 2 aromatic heterocycles. The number of hydrogen-bond acceptors (Lipinski definition) is 7. The lowest BCUT2D eigenvalue weighted by Gasteiger charge is -2.11. The Hall–Kier alpha value is -3.17. The molecule has 0 unspecified atom stereocenters. The minimum absolute atomic E-state index is 0.0841. The van der Waals surface area contributed by atoms with Crippen LogP contribution in [0.1, 0.15) is 28.3 Å². The number of aromatic nitrogens is 5. The van der Waals surface area contributed by atoms with E-state index in [9.17, 15) is 4.79 Å². The molecule has 9 heteroatoms. The summed E-state index contributed by atoms with van der Waals surface area (Å²) in [4.78, 5) is 21.7. The van der Waals surface area contributed by atoms with E-state index < -0.39 is 0 Å². The van der Waals surface area contributed by atoms with Gasteiger partial charge < -0.3 is 5.32 Å². The van der Waals surface area contributed by atoms with E-state index in [4.69, 9.17) is 0 Å². The summed E-state index contributed by atoms with van der Waals surface area (Å²) in [7, 11) is 0. The molecule has 0 fully saturated rings. The second-order valence-corrected chi connectivity index (χ2v) is 9.83. The van der Waals surface area contributed by atoms with Gasteiger partial charge in [0.05, 0.1) is 11.5 Å². The van der Waals surface area contributed by atoms with Crippen LogP contribution < -0.4 is 5.32 Å². The minimum atomic E-state index is -0.0841. The van der Waals surface area contributed by atoms with Gasteiger partial charge in [0.1, 0.15) is 5.82 Å². The zero-order valence-electron chi connectivity index (χ0n) is 19.6. The highest BCUT2D eigenvalue weighted by Crippen LogP contribution is 2.26. The van der Waals surface area contributed by atoms with Gasteiger partial charge in [0.2, 0.25) is 5.91 Å². The van der Waals surface area contributed by atoms with Gasteiger partial charge in [-0.1, -0.05) is 59.4 Å². The fourth-order valence-corrected chi connectivity index (χ4v) is 5.11. The van der Waals surface area contributed by atoms with Gasteiger partial charge >= 0.3 is 0 Å². The van der Waals surface area contributed by atoms with E-state index in [-0.39, 0.29) is 11.7 Å². The topological polar surface area (TPSA) is 85.6 Å². The molecular weight excluding hydrogens is 464 g/mol. The van der Waals surface area contributed by atoms with Gasteiger partial charge in [0, 0.05) is 22.8 Å². The van der Waals surface area contributed by atoms with Gasteiger partial charge in [-0.15, -0.1) is 10.2 Å². The highest BCUT2D eigenvalue weighted by atomic mass is 32.2. The Morgan fingerprint density at radius 2 is 1.65 bits per heavy atom. The monoisotopic (exact) mass is 490 g/mol. The fourth-order valence-electron chi connectivity index (χ4n) is 3.48. The summed E-state index contributed by atoms with van der Waals surface area (Å²) in [5, 5.41) is 13.2. The largest absolute Gasteiger partial charge is 0.325 e. The van der Waals surface area contributed by atoms with Crippen LogP contribution >= 0.6 is 23.5 Å². The number of anilines is 1. The lowest BCUT2D eigenvalue weighted by Crippen LogP contribution is -2.15. The Bertz CT molecular complexity index is 1290. The van der Waals surface area contributed by atoms with Crippen LogP contribution in [0.2, 0.25) is 0 Å². The molecule has 4 aromatic rings.